The molecule has 2 aromatic carbocycles. The fourth-order valence-electron chi connectivity index (χ4n) is 2.19. The first-order valence-corrected chi connectivity index (χ1v) is 8.21. The summed E-state index contributed by atoms with van der Waals surface area (Å²) in [6, 6.07) is 7.74. The van der Waals surface area contributed by atoms with E-state index in [1.165, 1.54) is 11.1 Å². The average Bonchev–Trinajstić information content (AvgIpc) is 2.47. The summed E-state index contributed by atoms with van der Waals surface area (Å²) in [6.07, 6.45) is 1.55. The standard InChI is InChI=1S/C16H13Br2N3O/c1-8-3-11-14(4-9(8)2)19-7-20-16(11)21-10-5-12(17)15(22)13(18)6-10/h3-7,22H,1-2H3,(H,19,20,21). The lowest BCUT2D eigenvalue weighted by atomic mass is 10.1. The van der Waals surface area contributed by atoms with Crippen LogP contribution in [0.5, 0.6) is 5.75 Å². The summed E-state index contributed by atoms with van der Waals surface area (Å²) in [4.78, 5) is 8.66. The fourth-order valence-corrected chi connectivity index (χ4v) is 3.38. The number of phenolic OH excluding ortho intramolecular Hbond substituents is 1. The van der Waals surface area contributed by atoms with Crippen molar-refractivity contribution in [1.82, 2.24) is 9.97 Å². The Labute approximate surface area is 144 Å². The highest BCUT2D eigenvalue weighted by atomic mass is 79.9. The Hall–Kier alpha value is -1.66. The number of halogens is 2. The van der Waals surface area contributed by atoms with E-state index in [0.29, 0.717) is 8.95 Å². The van der Waals surface area contributed by atoms with Crippen molar-refractivity contribution in [3.8, 4) is 5.75 Å². The number of aryl methyl sites for hydroxylation is 2. The van der Waals surface area contributed by atoms with Gasteiger partial charge in [-0.25, -0.2) is 9.97 Å². The van der Waals surface area contributed by atoms with E-state index >= 15 is 0 Å². The molecule has 0 aliphatic carbocycles. The van der Waals surface area contributed by atoms with Gasteiger partial charge in [0.15, 0.2) is 0 Å². The molecule has 3 rings (SSSR count). The van der Waals surface area contributed by atoms with Gasteiger partial charge in [-0.1, -0.05) is 0 Å². The van der Waals surface area contributed by atoms with Crippen molar-refractivity contribution in [2.75, 3.05) is 5.32 Å². The molecule has 0 aliphatic rings. The molecule has 3 aromatic rings. The molecule has 0 saturated heterocycles. The minimum absolute atomic E-state index is 0.171. The second-order valence-electron chi connectivity index (χ2n) is 5.09. The molecule has 0 aliphatic heterocycles. The number of phenols is 1. The number of rotatable bonds is 2. The molecule has 1 heterocycles. The van der Waals surface area contributed by atoms with Gasteiger partial charge in [-0.3, -0.25) is 0 Å². The van der Waals surface area contributed by atoms with Crippen LogP contribution in [0, 0.1) is 13.8 Å². The molecule has 0 bridgehead atoms. The van der Waals surface area contributed by atoms with Gasteiger partial charge in [0.1, 0.15) is 17.9 Å². The Morgan fingerprint density at radius 1 is 0.955 bits per heavy atom. The topological polar surface area (TPSA) is 58.0 Å². The van der Waals surface area contributed by atoms with E-state index in [2.05, 4.69) is 73.1 Å². The summed E-state index contributed by atoms with van der Waals surface area (Å²) < 4.78 is 1.21. The van der Waals surface area contributed by atoms with Crippen LogP contribution < -0.4 is 5.32 Å². The largest absolute Gasteiger partial charge is 0.506 e. The molecule has 0 amide bonds. The maximum atomic E-state index is 9.79. The highest BCUT2D eigenvalue weighted by molar-refractivity contribution is 9.11. The van der Waals surface area contributed by atoms with Crippen LogP contribution in [0.2, 0.25) is 0 Å². The van der Waals surface area contributed by atoms with Gasteiger partial charge in [0.05, 0.1) is 14.5 Å². The highest BCUT2D eigenvalue weighted by Crippen LogP contribution is 2.36. The molecule has 0 fully saturated rings. The van der Waals surface area contributed by atoms with Gasteiger partial charge in [-0.2, -0.15) is 0 Å². The van der Waals surface area contributed by atoms with E-state index in [1.807, 2.05) is 0 Å². The minimum atomic E-state index is 0.171. The van der Waals surface area contributed by atoms with Crippen molar-refractivity contribution in [2.24, 2.45) is 0 Å². The molecule has 4 nitrogen and oxygen atoms in total. The molecular formula is C16H13Br2N3O. The van der Waals surface area contributed by atoms with Crippen molar-refractivity contribution < 1.29 is 5.11 Å². The third kappa shape index (κ3) is 2.80. The van der Waals surface area contributed by atoms with E-state index in [1.54, 1.807) is 18.5 Å². The van der Waals surface area contributed by atoms with Gasteiger partial charge < -0.3 is 10.4 Å². The lowest BCUT2D eigenvalue weighted by molar-refractivity contribution is 0.468. The van der Waals surface area contributed by atoms with E-state index in [-0.39, 0.29) is 5.75 Å². The molecule has 0 radical (unpaired) electrons. The molecule has 1 aromatic heterocycles. The first-order chi connectivity index (χ1) is 10.5. The average molecular weight is 423 g/mol. The second kappa shape index (κ2) is 5.85. The van der Waals surface area contributed by atoms with Gasteiger partial charge in [0.25, 0.3) is 0 Å². The van der Waals surface area contributed by atoms with Crippen LogP contribution in [0.15, 0.2) is 39.5 Å². The van der Waals surface area contributed by atoms with E-state index in [0.717, 1.165) is 22.4 Å². The van der Waals surface area contributed by atoms with E-state index < -0.39 is 0 Å². The number of aromatic nitrogens is 2. The number of anilines is 2. The first-order valence-electron chi connectivity index (χ1n) is 6.62. The zero-order valence-electron chi connectivity index (χ0n) is 12.0. The fraction of sp³-hybridized carbons (Fsp3) is 0.125. The maximum Gasteiger partial charge on any atom is 0.144 e. The number of fused-ring (bicyclic) bond motifs is 1. The summed E-state index contributed by atoms with van der Waals surface area (Å²) in [5.74, 6) is 0.905. The van der Waals surface area contributed by atoms with Crippen LogP contribution in [0.4, 0.5) is 11.5 Å². The van der Waals surface area contributed by atoms with Crippen molar-refractivity contribution in [3.63, 3.8) is 0 Å². The number of hydrogen-bond donors (Lipinski definition) is 2. The monoisotopic (exact) mass is 421 g/mol. The van der Waals surface area contributed by atoms with Crippen LogP contribution in [-0.4, -0.2) is 15.1 Å². The van der Waals surface area contributed by atoms with E-state index in [9.17, 15) is 5.11 Å². The normalized spacial score (nSPS) is 10.9. The zero-order valence-corrected chi connectivity index (χ0v) is 15.2. The summed E-state index contributed by atoms with van der Waals surface area (Å²) in [5.41, 5.74) is 4.11. The van der Waals surface area contributed by atoms with Gasteiger partial charge >= 0.3 is 0 Å². The Bertz CT molecular complexity index is 858. The predicted molar refractivity (Wildman–Crippen MR) is 95.8 cm³/mol. The van der Waals surface area contributed by atoms with Crippen LogP contribution in [-0.2, 0) is 0 Å². The summed E-state index contributed by atoms with van der Waals surface area (Å²) in [7, 11) is 0. The van der Waals surface area contributed by atoms with Crippen LogP contribution in [0.25, 0.3) is 10.9 Å². The van der Waals surface area contributed by atoms with Crippen LogP contribution >= 0.6 is 31.9 Å². The number of aromatic hydroxyl groups is 1. The molecule has 22 heavy (non-hydrogen) atoms. The predicted octanol–water partition coefficient (Wildman–Crippen LogP) is 5.22. The second-order valence-corrected chi connectivity index (χ2v) is 6.80. The number of hydrogen-bond acceptors (Lipinski definition) is 4. The molecule has 0 spiro atoms. The van der Waals surface area contributed by atoms with E-state index in [4.69, 9.17) is 0 Å². The minimum Gasteiger partial charge on any atom is -0.506 e. The van der Waals surface area contributed by atoms with Crippen molar-refractivity contribution >= 4 is 54.3 Å². The first kappa shape index (κ1) is 15.2. The molecule has 6 heteroatoms. The molecular weight excluding hydrogens is 410 g/mol. The molecule has 112 valence electrons. The zero-order chi connectivity index (χ0) is 15.9. The Balaban J connectivity index is 2.09. The summed E-state index contributed by atoms with van der Waals surface area (Å²) in [6.45, 7) is 4.14. The van der Waals surface area contributed by atoms with Crippen LogP contribution in [0.3, 0.4) is 0 Å². The SMILES string of the molecule is Cc1cc2ncnc(Nc3cc(Br)c(O)c(Br)c3)c2cc1C. The van der Waals surface area contributed by atoms with Gasteiger partial charge in [0.2, 0.25) is 0 Å². The smallest absolute Gasteiger partial charge is 0.144 e. The Morgan fingerprint density at radius 3 is 2.27 bits per heavy atom. The third-order valence-corrected chi connectivity index (χ3v) is 4.74. The van der Waals surface area contributed by atoms with Crippen LogP contribution in [0.1, 0.15) is 11.1 Å². The van der Waals surface area contributed by atoms with Gasteiger partial charge in [-0.15, -0.1) is 0 Å². The lowest BCUT2D eigenvalue weighted by Gasteiger charge is -2.11. The molecule has 2 N–H and O–H groups in total. The highest BCUT2D eigenvalue weighted by Gasteiger charge is 2.09. The Kier molecular flexibility index (Phi) is 4.06. The number of nitrogens with zero attached hydrogens (tertiary/aromatic N) is 2. The lowest BCUT2D eigenvalue weighted by Crippen LogP contribution is -1.97. The summed E-state index contributed by atoms with van der Waals surface area (Å²) in [5, 5.41) is 14.0. The number of benzene rings is 2. The van der Waals surface area contributed by atoms with Gasteiger partial charge in [0, 0.05) is 11.1 Å². The molecule has 0 saturated carbocycles. The molecule has 0 atom stereocenters. The van der Waals surface area contributed by atoms with Gasteiger partial charge in [-0.05, 0) is 81.1 Å². The third-order valence-electron chi connectivity index (χ3n) is 3.53. The maximum absolute atomic E-state index is 9.79. The molecule has 0 unspecified atom stereocenters. The van der Waals surface area contributed by atoms with Crippen molar-refractivity contribution in [2.45, 2.75) is 13.8 Å². The summed E-state index contributed by atoms with van der Waals surface area (Å²) >= 11 is 6.66. The van der Waals surface area contributed by atoms with Crippen molar-refractivity contribution in [3.05, 3.63) is 50.7 Å². The number of nitrogens with one attached hydrogen (secondary N) is 1. The quantitative estimate of drug-likeness (QED) is 0.555. The Morgan fingerprint density at radius 2 is 1.59 bits per heavy atom. The van der Waals surface area contributed by atoms with Crippen molar-refractivity contribution in [1.29, 1.82) is 0 Å².